The van der Waals surface area contributed by atoms with Crippen LogP contribution in [0.4, 0.5) is 0 Å². The van der Waals surface area contributed by atoms with E-state index < -0.39 is 0 Å². The highest BCUT2D eigenvalue weighted by atomic mass is 35.5. The lowest BCUT2D eigenvalue weighted by molar-refractivity contribution is 0.363. The Hall–Kier alpha value is -3.05. The summed E-state index contributed by atoms with van der Waals surface area (Å²) in [5.74, 6) is 2.12. The zero-order valence-corrected chi connectivity index (χ0v) is 14.9. The van der Waals surface area contributed by atoms with Crippen LogP contribution in [-0.4, -0.2) is 23.9 Å². The molecule has 3 aromatic rings. The Kier molecular flexibility index (Phi) is 5.71. The second-order valence-corrected chi connectivity index (χ2v) is 5.73. The van der Waals surface area contributed by atoms with Gasteiger partial charge in [-0.15, -0.1) is 0 Å². The second kappa shape index (κ2) is 8.36. The second-order valence-electron chi connectivity index (χ2n) is 5.32. The zero-order valence-electron chi connectivity index (χ0n) is 14.2. The number of hydrogen-bond acceptors (Lipinski definition) is 5. The quantitative estimate of drug-likeness (QED) is 0.546. The summed E-state index contributed by atoms with van der Waals surface area (Å²) in [6.07, 6.45) is 3.43. The van der Waals surface area contributed by atoms with Crippen LogP contribution in [0.2, 0.25) is 0 Å². The summed E-state index contributed by atoms with van der Waals surface area (Å²) in [4.78, 5) is 4.35. The largest absolute Gasteiger partial charge is 0.497 e. The molecule has 0 aliphatic rings. The van der Waals surface area contributed by atoms with Crippen molar-refractivity contribution in [3.8, 4) is 22.9 Å². The maximum Gasteiger partial charge on any atom is 0.269 e. The summed E-state index contributed by atoms with van der Waals surface area (Å²) in [5, 5.41) is 4.32. The molecule has 6 heteroatoms. The Morgan fingerprint density at radius 3 is 2.81 bits per heavy atom. The minimum Gasteiger partial charge on any atom is -0.497 e. The highest BCUT2D eigenvalue weighted by Gasteiger charge is 2.12. The van der Waals surface area contributed by atoms with Crippen LogP contribution in [0.25, 0.3) is 22.5 Å². The van der Waals surface area contributed by atoms with Gasteiger partial charge in [-0.1, -0.05) is 53.7 Å². The van der Waals surface area contributed by atoms with E-state index in [2.05, 4.69) is 16.7 Å². The Labute approximate surface area is 156 Å². The number of nitrogens with zero attached hydrogens (tertiary/aromatic N) is 2. The summed E-state index contributed by atoms with van der Waals surface area (Å²) in [6.45, 7) is 4.07. The van der Waals surface area contributed by atoms with Gasteiger partial charge in [-0.3, -0.25) is 0 Å². The lowest BCUT2D eigenvalue weighted by atomic mass is 10.2. The molecular weight excluding hydrogens is 352 g/mol. The molecule has 3 rings (SSSR count). The molecule has 0 amide bonds. The highest BCUT2D eigenvalue weighted by molar-refractivity contribution is 6.50. The average molecular weight is 369 g/mol. The van der Waals surface area contributed by atoms with Gasteiger partial charge in [-0.25, -0.2) is 0 Å². The van der Waals surface area contributed by atoms with Crippen LogP contribution < -0.4 is 9.47 Å². The van der Waals surface area contributed by atoms with Gasteiger partial charge in [0.15, 0.2) is 0 Å². The van der Waals surface area contributed by atoms with Gasteiger partial charge in [0.1, 0.15) is 23.1 Å². The van der Waals surface area contributed by atoms with Gasteiger partial charge in [0.05, 0.1) is 7.11 Å². The van der Waals surface area contributed by atoms with E-state index in [4.69, 9.17) is 25.6 Å². The molecule has 132 valence electrons. The van der Waals surface area contributed by atoms with Crippen molar-refractivity contribution in [2.75, 3.05) is 13.7 Å². The normalized spacial score (nSPS) is 11.2. The summed E-state index contributed by atoms with van der Waals surface area (Å²) in [6, 6.07) is 14.9. The van der Waals surface area contributed by atoms with Crippen LogP contribution in [0.15, 0.2) is 65.7 Å². The number of halogens is 1. The molecule has 0 saturated heterocycles. The summed E-state index contributed by atoms with van der Waals surface area (Å²) in [5.41, 5.74) is 1.64. The smallest absolute Gasteiger partial charge is 0.269 e. The SMILES string of the molecule is C=CCOc1cccc(/C=C(\Cl)c2nc(-c3cccc(OC)c3)no2)c1. The van der Waals surface area contributed by atoms with Crippen molar-refractivity contribution < 1.29 is 14.0 Å². The van der Waals surface area contributed by atoms with E-state index in [9.17, 15) is 0 Å². The molecule has 1 heterocycles. The fourth-order valence-corrected chi connectivity index (χ4v) is 2.46. The molecule has 0 N–H and O–H groups in total. The first-order valence-corrected chi connectivity index (χ1v) is 8.27. The van der Waals surface area contributed by atoms with Crippen LogP contribution in [-0.2, 0) is 0 Å². The third-order valence-electron chi connectivity index (χ3n) is 3.48. The Morgan fingerprint density at radius 2 is 2.00 bits per heavy atom. The van der Waals surface area contributed by atoms with Gasteiger partial charge < -0.3 is 14.0 Å². The first-order valence-electron chi connectivity index (χ1n) is 7.89. The maximum atomic E-state index is 6.34. The molecule has 0 fully saturated rings. The molecule has 26 heavy (non-hydrogen) atoms. The fraction of sp³-hybridized carbons (Fsp3) is 0.100. The van der Waals surface area contributed by atoms with Gasteiger partial charge in [0, 0.05) is 5.56 Å². The number of rotatable bonds is 7. The molecule has 0 radical (unpaired) electrons. The summed E-state index contributed by atoms with van der Waals surface area (Å²) < 4.78 is 16.0. The first-order chi connectivity index (χ1) is 12.7. The van der Waals surface area contributed by atoms with Crippen molar-refractivity contribution in [1.29, 1.82) is 0 Å². The number of ether oxygens (including phenoxy) is 2. The van der Waals surface area contributed by atoms with E-state index in [1.165, 1.54) is 0 Å². The van der Waals surface area contributed by atoms with E-state index in [0.29, 0.717) is 23.2 Å². The predicted molar refractivity (Wildman–Crippen MR) is 102 cm³/mol. The van der Waals surface area contributed by atoms with Crippen molar-refractivity contribution in [2.45, 2.75) is 0 Å². The Bertz CT molecular complexity index is 934. The third kappa shape index (κ3) is 4.32. The summed E-state index contributed by atoms with van der Waals surface area (Å²) in [7, 11) is 1.60. The molecule has 0 bridgehead atoms. The minimum absolute atomic E-state index is 0.238. The van der Waals surface area contributed by atoms with Crippen LogP contribution in [0.1, 0.15) is 11.5 Å². The maximum absolute atomic E-state index is 6.34. The van der Waals surface area contributed by atoms with Crippen LogP contribution in [0.3, 0.4) is 0 Å². The van der Waals surface area contributed by atoms with E-state index in [1.807, 2.05) is 48.5 Å². The molecule has 0 aliphatic carbocycles. The van der Waals surface area contributed by atoms with E-state index in [0.717, 1.165) is 16.9 Å². The van der Waals surface area contributed by atoms with Gasteiger partial charge in [0.2, 0.25) is 5.82 Å². The number of methoxy groups -OCH3 is 1. The van der Waals surface area contributed by atoms with Gasteiger partial charge >= 0.3 is 0 Å². The van der Waals surface area contributed by atoms with Crippen molar-refractivity contribution in [1.82, 2.24) is 10.1 Å². The van der Waals surface area contributed by atoms with Gasteiger partial charge in [-0.2, -0.15) is 4.98 Å². The Morgan fingerprint density at radius 1 is 1.19 bits per heavy atom. The van der Waals surface area contributed by atoms with Crippen molar-refractivity contribution in [2.24, 2.45) is 0 Å². The molecule has 0 unspecified atom stereocenters. The van der Waals surface area contributed by atoms with E-state index in [1.54, 1.807) is 19.3 Å². The summed E-state index contributed by atoms with van der Waals surface area (Å²) >= 11 is 6.34. The minimum atomic E-state index is 0.238. The fourth-order valence-electron chi connectivity index (χ4n) is 2.26. The van der Waals surface area contributed by atoms with Crippen LogP contribution in [0.5, 0.6) is 11.5 Å². The number of hydrogen-bond donors (Lipinski definition) is 0. The van der Waals surface area contributed by atoms with E-state index >= 15 is 0 Å². The highest BCUT2D eigenvalue weighted by Crippen LogP contribution is 2.26. The van der Waals surface area contributed by atoms with Gasteiger partial charge in [-0.05, 0) is 35.9 Å². The molecule has 0 saturated carbocycles. The molecule has 0 spiro atoms. The lowest BCUT2D eigenvalue weighted by Gasteiger charge is -2.03. The molecule has 1 aromatic heterocycles. The topological polar surface area (TPSA) is 57.4 Å². The van der Waals surface area contributed by atoms with Crippen molar-refractivity contribution in [3.63, 3.8) is 0 Å². The van der Waals surface area contributed by atoms with Gasteiger partial charge in [0.25, 0.3) is 5.89 Å². The standard InChI is InChI=1S/C20H17ClN2O3/c1-3-10-25-17-9-4-6-14(11-17)12-18(21)20-22-19(23-26-20)15-7-5-8-16(13-15)24-2/h3-9,11-13H,1,10H2,2H3/b18-12-. The lowest BCUT2D eigenvalue weighted by Crippen LogP contribution is -1.92. The predicted octanol–water partition coefficient (Wildman–Crippen LogP) is 5.05. The van der Waals surface area contributed by atoms with Crippen LogP contribution in [0, 0.1) is 0 Å². The van der Waals surface area contributed by atoms with E-state index in [-0.39, 0.29) is 5.89 Å². The first kappa shape index (κ1) is 17.8. The molecular formula is C20H17ClN2O3. The average Bonchev–Trinajstić information content (AvgIpc) is 3.17. The Balaban J connectivity index is 1.82. The number of aromatic nitrogens is 2. The molecule has 2 aromatic carbocycles. The van der Waals surface area contributed by atoms with Crippen molar-refractivity contribution >= 4 is 22.7 Å². The number of benzene rings is 2. The third-order valence-corrected chi connectivity index (χ3v) is 3.75. The monoisotopic (exact) mass is 368 g/mol. The molecule has 0 aliphatic heterocycles. The molecule has 0 atom stereocenters. The van der Waals surface area contributed by atoms with Crippen LogP contribution >= 0.6 is 11.6 Å². The molecule has 5 nitrogen and oxygen atoms in total. The zero-order chi connectivity index (χ0) is 18.4. The van der Waals surface area contributed by atoms with Crippen molar-refractivity contribution in [3.05, 3.63) is 72.6 Å².